The van der Waals surface area contributed by atoms with Crippen LogP contribution in [-0.2, 0) is 0 Å². The van der Waals surface area contributed by atoms with Crippen molar-refractivity contribution in [1.29, 1.82) is 0 Å². The lowest BCUT2D eigenvalue weighted by atomic mass is 10.1. The normalized spacial score (nSPS) is 16.9. The number of hydrogen-bond acceptors (Lipinski definition) is 0. The summed E-state index contributed by atoms with van der Waals surface area (Å²) < 4.78 is 1.25. The molecule has 0 amide bonds. The maximum absolute atomic E-state index is 5.92. The van der Waals surface area contributed by atoms with E-state index in [2.05, 4.69) is 34.7 Å². The lowest BCUT2D eigenvalue weighted by molar-refractivity contribution is 1.13. The van der Waals surface area contributed by atoms with Gasteiger partial charge in [0.25, 0.3) is 0 Å². The minimum atomic E-state index is 0.808. The van der Waals surface area contributed by atoms with Crippen LogP contribution in [0.4, 0.5) is 0 Å². The first kappa shape index (κ1) is 7.87. The second-order valence-corrected chi connectivity index (χ2v) is 4.66. The molecule has 0 spiro atoms. The van der Waals surface area contributed by atoms with E-state index in [1.165, 1.54) is 22.0 Å². The van der Waals surface area contributed by atoms with Crippen molar-refractivity contribution >= 4 is 34.2 Å². The number of rotatable bonds is 1. The van der Waals surface area contributed by atoms with Gasteiger partial charge in [0.2, 0.25) is 0 Å². The predicted molar refractivity (Wildman–Crippen MR) is 56.1 cm³/mol. The maximum Gasteiger partial charge on any atom is 0.0419 e. The second kappa shape index (κ2) is 2.94. The van der Waals surface area contributed by atoms with Crippen LogP contribution in [0.5, 0.6) is 0 Å². The lowest BCUT2D eigenvalue weighted by Gasteiger charge is -1.99. The smallest absolute Gasteiger partial charge is 0.0419 e. The van der Waals surface area contributed by atoms with E-state index >= 15 is 0 Å². The quantitative estimate of drug-likeness (QED) is 0.685. The van der Waals surface area contributed by atoms with E-state index in [0.29, 0.717) is 0 Å². The molecule has 0 saturated heterocycles. The van der Waals surface area contributed by atoms with E-state index in [4.69, 9.17) is 11.6 Å². The van der Waals surface area contributed by atoms with Crippen molar-refractivity contribution in [2.24, 2.45) is 0 Å². The second-order valence-electron chi connectivity index (χ2n) is 2.98. The zero-order chi connectivity index (χ0) is 7.84. The van der Waals surface area contributed by atoms with Gasteiger partial charge in [-0.05, 0) is 65.1 Å². The van der Waals surface area contributed by atoms with Crippen LogP contribution in [0.15, 0.2) is 18.2 Å². The van der Waals surface area contributed by atoms with Crippen LogP contribution in [-0.4, -0.2) is 0 Å². The van der Waals surface area contributed by atoms with Gasteiger partial charge in [0.15, 0.2) is 0 Å². The van der Waals surface area contributed by atoms with E-state index < -0.39 is 0 Å². The largest absolute Gasteiger partial charge is 0.0843 e. The zero-order valence-electron chi connectivity index (χ0n) is 5.98. The Balaban J connectivity index is 2.39. The summed E-state index contributed by atoms with van der Waals surface area (Å²) in [5.74, 6) is 0.808. The van der Waals surface area contributed by atoms with Crippen LogP contribution in [0.2, 0.25) is 5.02 Å². The summed E-state index contributed by atoms with van der Waals surface area (Å²) in [6.07, 6.45) is 2.69. The molecule has 58 valence electrons. The zero-order valence-corrected chi connectivity index (χ0v) is 8.89. The molecule has 0 radical (unpaired) electrons. The van der Waals surface area contributed by atoms with Crippen molar-refractivity contribution in [1.82, 2.24) is 0 Å². The van der Waals surface area contributed by atoms with Gasteiger partial charge in [-0.25, -0.2) is 0 Å². The molecule has 0 N–H and O–H groups in total. The Bertz CT molecular complexity index is 259. The van der Waals surface area contributed by atoms with Crippen molar-refractivity contribution in [3.8, 4) is 0 Å². The van der Waals surface area contributed by atoms with Gasteiger partial charge in [0.1, 0.15) is 0 Å². The molecule has 0 nitrogen and oxygen atoms in total. The van der Waals surface area contributed by atoms with Crippen LogP contribution in [0, 0.1) is 3.57 Å². The summed E-state index contributed by atoms with van der Waals surface area (Å²) >= 11 is 8.22. The van der Waals surface area contributed by atoms with E-state index in [0.717, 1.165) is 10.9 Å². The van der Waals surface area contributed by atoms with Crippen LogP contribution in [0.3, 0.4) is 0 Å². The highest BCUT2D eigenvalue weighted by Gasteiger charge is 2.23. The summed E-state index contributed by atoms with van der Waals surface area (Å²) in [6.45, 7) is 0. The average Bonchev–Trinajstić information content (AvgIpc) is 2.64. The molecule has 1 aromatic carbocycles. The first-order valence-electron chi connectivity index (χ1n) is 3.72. The van der Waals surface area contributed by atoms with Crippen LogP contribution >= 0.6 is 34.2 Å². The monoisotopic (exact) mass is 278 g/mol. The Kier molecular flexibility index (Phi) is 2.10. The van der Waals surface area contributed by atoms with E-state index in [1.807, 2.05) is 6.07 Å². The molecule has 0 aromatic heterocycles. The van der Waals surface area contributed by atoms with Crippen molar-refractivity contribution in [2.45, 2.75) is 18.8 Å². The summed E-state index contributed by atoms with van der Waals surface area (Å²) in [5, 5.41) is 0.874. The van der Waals surface area contributed by atoms with Gasteiger partial charge >= 0.3 is 0 Å². The van der Waals surface area contributed by atoms with Crippen molar-refractivity contribution in [2.75, 3.05) is 0 Å². The Morgan fingerprint density at radius 3 is 2.55 bits per heavy atom. The molecule has 0 atom stereocenters. The molecule has 0 aliphatic heterocycles. The van der Waals surface area contributed by atoms with Gasteiger partial charge in [0.05, 0.1) is 0 Å². The highest BCUT2D eigenvalue weighted by Crippen LogP contribution is 2.41. The standard InChI is InChI=1S/C9H8ClI/c10-8-3-7(6-1-2-6)4-9(11)5-8/h3-6H,1-2H2. The summed E-state index contributed by atoms with van der Waals surface area (Å²) in [5.41, 5.74) is 1.42. The Morgan fingerprint density at radius 2 is 2.00 bits per heavy atom. The van der Waals surface area contributed by atoms with Gasteiger partial charge in [-0.2, -0.15) is 0 Å². The maximum atomic E-state index is 5.92. The van der Waals surface area contributed by atoms with Gasteiger partial charge in [-0.3, -0.25) is 0 Å². The number of halogens is 2. The molecular formula is C9H8ClI. The Labute approximate surface area is 85.1 Å². The summed E-state index contributed by atoms with van der Waals surface area (Å²) in [7, 11) is 0. The van der Waals surface area contributed by atoms with Gasteiger partial charge in [0, 0.05) is 8.59 Å². The molecule has 2 heteroatoms. The fourth-order valence-corrected chi connectivity index (χ4v) is 2.35. The minimum Gasteiger partial charge on any atom is -0.0843 e. The van der Waals surface area contributed by atoms with Crippen LogP contribution in [0.25, 0.3) is 0 Å². The fourth-order valence-electron chi connectivity index (χ4n) is 1.23. The summed E-state index contributed by atoms with van der Waals surface area (Å²) in [4.78, 5) is 0. The predicted octanol–water partition coefficient (Wildman–Crippen LogP) is 3.82. The van der Waals surface area contributed by atoms with Crippen molar-refractivity contribution in [3.05, 3.63) is 32.4 Å². The lowest BCUT2D eigenvalue weighted by Crippen LogP contribution is -1.80. The molecule has 1 aliphatic carbocycles. The van der Waals surface area contributed by atoms with E-state index in [-0.39, 0.29) is 0 Å². The van der Waals surface area contributed by atoms with Crippen LogP contribution < -0.4 is 0 Å². The fraction of sp³-hybridized carbons (Fsp3) is 0.333. The molecule has 11 heavy (non-hydrogen) atoms. The van der Waals surface area contributed by atoms with Crippen molar-refractivity contribution in [3.63, 3.8) is 0 Å². The highest BCUT2D eigenvalue weighted by atomic mass is 127. The third-order valence-electron chi connectivity index (χ3n) is 1.93. The SMILES string of the molecule is Clc1cc(I)cc(C2CC2)c1. The van der Waals surface area contributed by atoms with Gasteiger partial charge in [-0.15, -0.1) is 0 Å². The first-order valence-corrected chi connectivity index (χ1v) is 5.17. The van der Waals surface area contributed by atoms with Crippen molar-refractivity contribution < 1.29 is 0 Å². The molecule has 1 fully saturated rings. The van der Waals surface area contributed by atoms with Gasteiger partial charge < -0.3 is 0 Å². The molecular weight excluding hydrogens is 270 g/mol. The van der Waals surface area contributed by atoms with Gasteiger partial charge in [-0.1, -0.05) is 11.6 Å². The molecule has 1 saturated carbocycles. The third-order valence-corrected chi connectivity index (χ3v) is 2.77. The number of hydrogen-bond donors (Lipinski definition) is 0. The first-order chi connectivity index (χ1) is 5.25. The average molecular weight is 279 g/mol. The molecule has 2 rings (SSSR count). The summed E-state index contributed by atoms with van der Waals surface area (Å²) in [6, 6.07) is 6.31. The molecule has 1 aliphatic rings. The third kappa shape index (κ3) is 1.88. The molecule has 0 bridgehead atoms. The minimum absolute atomic E-state index is 0.808. The Hall–Kier alpha value is 0.240. The van der Waals surface area contributed by atoms with Crippen LogP contribution in [0.1, 0.15) is 24.3 Å². The highest BCUT2D eigenvalue weighted by molar-refractivity contribution is 14.1. The Morgan fingerprint density at radius 1 is 1.27 bits per heavy atom. The van der Waals surface area contributed by atoms with E-state index in [1.54, 1.807) is 0 Å². The molecule has 0 unspecified atom stereocenters. The van der Waals surface area contributed by atoms with E-state index in [9.17, 15) is 0 Å². The molecule has 1 aromatic rings. The number of benzene rings is 1. The molecule has 0 heterocycles. The topological polar surface area (TPSA) is 0 Å².